The van der Waals surface area contributed by atoms with Gasteiger partial charge in [0.25, 0.3) is 0 Å². The van der Waals surface area contributed by atoms with E-state index in [-0.39, 0.29) is 0 Å². The third-order valence-corrected chi connectivity index (χ3v) is 5.75. The molecular formula is C17H30N2S. The summed E-state index contributed by atoms with van der Waals surface area (Å²) in [6.45, 7) is 7.08. The quantitative estimate of drug-likeness (QED) is 0.857. The van der Waals surface area contributed by atoms with Crippen molar-refractivity contribution in [1.82, 2.24) is 10.2 Å². The van der Waals surface area contributed by atoms with Gasteiger partial charge in [0, 0.05) is 24.0 Å². The zero-order chi connectivity index (χ0) is 14.5. The highest BCUT2D eigenvalue weighted by Gasteiger charge is 2.31. The summed E-state index contributed by atoms with van der Waals surface area (Å²) in [6, 6.07) is 5.10. The molecule has 0 bridgehead atoms. The third-order valence-electron chi connectivity index (χ3n) is 4.89. The molecule has 1 fully saturated rings. The summed E-state index contributed by atoms with van der Waals surface area (Å²) in [7, 11) is 4.40. The monoisotopic (exact) mass is 294 g/mol. The van der Waals surface area contributed by atoms with Gasteiger partial charge in [-0.15, -0.1) is 11.3 Å². The van der Waals surface area contributed by atoms with E-state index in [1.165, 1.54) is 30.7 Å². The average molecular weight is 295 g/mol. The molecule has 2 nitrogen and oxygen atoms in total. The van der Waals surface area contributed by atoms with Gasteiger partial charge in [-0.25, -0.2) is 0 Å². The van der Waals surface area contributed by atoms with Crippen LogP contribution in [-0.4, -0.2) is 31.6 Å². The fraction of sp³-hybridized carbons (Fsp3) is 0.765. The Labute approximate surface area is 128 Å². The molecule has 2 rings (SSSR count). The molecule has 0 aromatic carbocycles. The predicted molar refractivity (Wildman–Crippen MR) is 89.2 cm³/mol. The van der Waals surface area contributed by atoms with E-state index in [4.69, 9.17) is 0 Å². The molecule has 0 saturated heterocycles. The summed E-state index contributed by atoms with van der Waals surface area (Å²) < 4.78 is 0. The first-order chi connectivity index (χ1) is 9.60. The van der Waals surface area contributed by atoms with Crippen LogP contribution in [-0.2, 0) is 6.54 Å². The molecule has 0 aliphatic heterocycles. The van der Waals surface area contributed by atoms with Gasteiger partial charge in [0.2, 0.25) is 0 Å². The molecule has 1 aromatic heterocycles. The summed E-state index contributed by atoms with van der Waals surface area (Å²) in [6.07, 6.45) is 4.13. The van der Waals surface area contributed by atoms with Crippen LogP contribution in [0.15, 0.2) is 17.5 Å². The van der Waals surface area contributed by atoms with Crippen molar-refractivity contribution in [3.63, 3.8) is 0 Å². The third kappa shape index (κ3) is 4.31. The van der Waals surface area contributed by atoms with Crippen LogP contribution in [0.2, 0.25) is 0 Å². The lowest BCUT2D eigenvalue weighted by molar-refractivity contribution is 0.134. The van der Waals surface area contributed by atoms with Crippen LogP contribution in [0.4, 0.5) is 0 Å². The van der Waals surface area contributed by atoms with Crippen molar-refractivity contribution < 1.29 is 0 Å². The number of thiophene rings is 1. The highest BCUT2D eigenvalue weighted by Crippen LogP contribution is 2.34. The van der Waals surface area contributed by atoms with Crippen LogP contribution in [0, 0.1) is 17.8 Å². The Morgan fingerprint density at radius 3 is 2.80 bits per heavy atom. The minimum atomic E-state index is 0.704. The maximum atomic E-state index is 3.55. The maximum Gasteiger partial charge on any atom is 0.0324 e. The largest absolute Gasteiger partial charge is 0.317 e. The van der Waals surface area contributed by atoms with E-state index in [2.05, 4.69) is 55.7 Å². The Kier molecular flexibility index (Phi) is 6.06. The summed E-state index contributed by atoms with van der Waals surface area (Å²) in [5.41, 5.74) is 0. The second-order valence-electron chi connectivity index (χ2n) is 6.75. The smallest absolute Gasteiger partial charge is 0.0324 e. The number of nitrogens with one attached hydrogen (secondary N) is 1. The Hall–Kier alpha value is -0.380. The van der Waals surface area contributed by atoms with Crippen LogP contribution in [0.5, 0.6) is 0 Å². The van der Waals surface area contributed by atoms with Crippen molar-refractivity contribution in [1.29, 1.82) is 0 Å². The molecule has 1 aromatic rings. The molecule has 0 spiro atoms. The van der Waals surface area contributed by atoms with Crippen LogP contribution in [0.3, 0.4) is 0 Å². The first kappa shape index (κ1) is 16.0. The number of hydrogen-bond donors (Lipinski definition) is 1. The van der Waals surface area contributed by atoms with Gasteiger partial charge < -0.3 is 10.2 Å². The first-order valence-electron chi connectivity index (χ1n) is 7.98. The van der Waals surface area contributed by atoms with E-state index in [1.807, 2.05) is 11.3 Å². The molecule has 3 unspecified atom stereocenters. The van der Waals surface area contributed by atoms with Gasteiger partial charge in [-0.2, -0.15) is 0 Å². The summed E-state index contributed by atoms with van der Waals surface area (Å²) in [5.74, 6) is 2.55. The fourth-order valence-corrected chi connectivity index (χ4v) is 4.41. The Balaban J connectivity index is 1.90. The maximum absolute atomic E-state index is 3.55. The molecule has 3 atom stereocenters. The van der Waals surface area contributed by atoms with E-state index in [0.717, 1.165) is 24.3 Å². The predicted octanol–water partition coefficient (Wildman–Crippen LogP) is 3.84. The summed E-state index contributed by atoms with van der Waals surface area (Å²) in [4.78, 5) is 3.98. The van der Waals surface area contributed by atoms with Crippen LogP contribution in [0.1, 0.15) is 38.0 Å². The lowest BCUT2D eigenvalue weighted by atomic mass is 9.73. The second kappa shape index (κ2) is 7.58. The van der Waals surface area contributed by atoms with Crippen molar-refractivity contribution in [3.05, 3.63) is 22.4 Å². The molecule has 1 aliphatic carbocycles. The minimum Gasteiger partial charge on any atom is -0.317 e. The van der Waals surface area contributed by atoms with Gasteiger partial charge in [0.05, 0.1) is 0 Å². The van der Waals surface area contributed by atoms with Gasteiger partial charge in [-0.1, -0.05) is 19.9 Å². The van der Waals surface area contributed by atoms with E-state index in [0.29, 0.717) is 6.04 Å². The number of nitrogens with zero attached hydrogens (tertiary/aromatic N) is 1. The summed E-state index contributed by atoms with van der Waals surface area (Å²) in [5, 5.41) is 5.73. The van der Waals surface area contributed by atoms with E-state index in [1.54, 1.807) is 0 Å². The lowest BCUT2D eigenvalue weighted by Crippen LogP contribution is -2.44. The van der Waals surface area contributed by atoms with Crippen molar-refractivity contribution in [2.45, 2.75) is 45.7 Å². The van der Waals surface area contributed by atoms with Gasteiger partial charge in [0.15, 0.2) is 0 Å². The molecule has 3 heteroatoms. The van der Waals surface area contributed by atoms with Crippen molar-refractivity contribution in [2.24, 2.45) is 17.8 Å². The van der Waals surface area contributed by atoms with Crippen molar-refractivity contribution in [2.75, 3.05) is 20.6 Å². The minimum absolute atomic E-state index is 0.704. The Bertz CT molecular complexity index is 374. The van der Waals surface area contributed by atoms with Gasteiger partial charge in [-0.05, 0) is 62.6 Å². The normalized spacial score (nSPS) is 27.4. The fourth-order valence-electron chi connectivity index (χ4n) is 3.62. The van der Waals surface area contributed by atoms with Crippen molar-refractivity contribution in [3.8, 4) is 0 Å². The zero-order valence-electron chi connectivity index (χ0n) is 13.4. The molecule has 1 saturated carbocycles. The van der Waals surface area contributed by atoms with Crippen molar-refractivity contribution >= 4 is 11.3 Å². The van der Waals surface area contributed by atoms with Crippen LogP contribution in [0.25, 0.3) is 0 Å². The SMILES string of the molecule is CNC1CCC(C(C)C)CC1CN(C)Cc1cccs1. The van der Waals surface area contributed by atoms with E-state index < -0.39 is 0 Å². The topological polar surface area (TPSA) is 15.3 Å². The molecule has 1 heterocycles. The van der Waals surface area contributed by atoms with Crippen LogP contribution < -0.4 is 5.32 Å². The number of hydrogen-bond acceptors (Lipinski definition) is 3. The molecule has 0 radical (unpaired) electrons. The van der Waals surface area contributed by atoms with E-state index >= 15 is 0 Å². The molecule has 1 N–H and O–H groups in total. The van der Waals surface area contributed by atoms with E-state index in [9.17, 15) is 0 Å². The molecule has 0 amide bonds. The van der Waals surface area contributed by atoms with Crippen LogP contribution >= 0.6 is 11.3 Å². The average Bonchev–Trinajstić information content (AvgIpc) is 2.91. The van der Waals surface area contributed by atoms with Gasteiger partial charge in [0.1, 0.15) is 0 Å². The summed E-state index contributed by atoms with van der Waals surface area (Å²) >= 11 is 1.87. The molecule has 1 aliphatic rings. The number of rotatable bonds is 6. The zero-order valence-corrected chi connectivity index (χ0v) is 14.2. The highest BCUT2D eigenvalue weighted by atomic mass is 32.1. The van der Waals surface area contributed by atoms with Gasteiger partial charge in [-0.3, -0.25) is 0 Å². The molecule has 20 heavy (non-hydrogen) atoms. The lowest BCUT2D eigenvalue weighted by Gasteiger charge is -2.39. The Morgan fingerprint density at radius 2 is 2.20 bits per heavy atom. The Morgan fingerprint density at radius 1 is 1.40 bits per heavy atom. The van der Waals surface area contributed by atoms with Gasteiger partial charge >= 0.3 is 0 Å². The second-order valence-corrected chi connectivity index (χ2v) is 7.78. The molecular weight excluding hydrogens is 264 g/mol. The standard InChI is InChI=1S/C17H30N2S/c1-13(2)14-7-8-17(18-3)15(10-14)11-19(4)12-16-6-5-9-20-16/h5-6,9,13-15,17-18H,7-8,10-12H2,1-4H3. The molecule has 114 valence electrons. The first-order valence-corrected chi connectivity index (χ1v) is 8.86. The highest BCUT2D eigenvalue weighted by molar-refractivity contribution is 7.09.